The van der Waals surface area contributed by atoms with Gasteiger partial charge in [0.2, 0.25) is 0 Å². The van der Waals surface area contributed by atoms with Crippen molar-refractivity contribution in [3.8, 4) is 11.3 Å². The van der Waals surface area contributed by atoms with Crippen molar-refractivity contribution in [1.82, 2.24) is 9.97 Å². The predicted molar refractivity (Wildman–Crippen MR) is 64.4 cm³/mol. The Morgan fingerprint density at radius 3 is 2.29 bits per heavy atom. The zero-order valence-corrected chi connectivity index (χ0v) is 9.90. The molecule has 0 saturated carbocycles. The van der Waals surface area contributed by atoms with Gasteiger partial charge in [0.05, 0.1) is 5.69 Å². The lowest BCUT2D eigenvalue weighted by Crippen LogP contribution is -2.01. The van der Waals surface area contributed by atoms with Gasteiger partial charge in [0.15, 0.2) is 5.69 Å². The smallest absolute Gasteiger partial charge is 0.354 e. The summed E-state index contributed by atoms with van der Waals surface area (Å²) in [6.45, 7) is 0. The molecule has 2 aromatic rings. The Labute approximate surface area is 107 Å². The van der Waals surface area contributed by atoms with E-state index < -0.39 is 5.97 Å². The molecule has 0 fully saturated rings. The summed E-state index contributed by atoms with van der Waals surface area (Å²) in [5, 5.41) is 9.75. The summed E-state index contributed by atoms with van der Waals surface area (Å²) in [7, 11) is 0. The summed E-state index contributed by atoms with van der Waals surface area (Å²) >= 11 is 11.7. The fourth-order valence-electron chi connectivity index (χ4n) is 1.33. The molecule has 1 aromatic heterocycles. The van der Waals surface area contributed by atoms with E-state index in [4.69, 9.17) is 28.3 Å². The maximum Gasteiger partial charge on any atom is 0.354 e. The van der Waals surface area contributed by atoms with Crippen LogP contribution in [0, 0.1) is 0 Å². The Bertz CT molecular complexity index is 567. The van der Waals surface area contributed by atoms with E-state index in [2.05, 4.69) is 9.97 Å². The largest absolute Gasteiger partial charge is 0.477 e. The summed E-state index contributed by atoms with van der Waals surface area (Å²) in [6, 6.07) is 6.26. The highest BCUT2D eigenvalue weighted by atomic mass is 35.5. The van der Waals surface area contributed by atoms with Crippen LogP contribution in [0.3, 0.4) is 0 Å². The second-order valence-electron chi connectivity index (χ2n) is 3.25. The Balaban J connectivity index is 2.52. The van der Waals surface area contributed by atoms with Gasteiger partial charge >= 0.3 is 5.97 Å². The molecule has 1 N–H and O–H groups in total. The first kappa shape index (κ1) is 11.8. The zero-order chi connectivity index (χ0) is 12.4. The molecule has 0 spiro atoms. The number of aromatic carboxylic acids is 1. The molecule has 0 aliphatic heterocycles. The number of benzene rings is 1. The lowest BCUT2D eigenvalue weighted by molar-refractivity contribution is 0.0690. The lowest BCUT2D eigenvalue weighted by atomic mass is 10.1. The van der Waals surface area contributed by atoms with Crippen LogP contribution in [-0.4, -0.2) is 21.0 Å². The van der Waals surface area contributed by atoms with Gasteiger partial charge < -0.3 is 5.11 Å². The van der Waals surface area contributed by atoms with Gasteiger partial charge in [-0.15, -0.1) is 0 Å². The van der Waals surface area contributed by atoms with Gasteiger partial charge in [-0.1, -0.05) is 23.2 Å². The molecule has 86 valence electrons. The highest BCUT2D eigenvalue weighted by molar-refractivity contribution is 6.35. The van der Waals surface area contributed by atoms with E-state index in [9.17, 15) is 4.79 Å². The molecule has 1 aromatic carbocycles. The number of carbonyl (C=O) groups is 1. The van der Waals surface area contributed by atoms with Gasteiger partial charge in [-0.2, -0.15) is 0 Å². The minimum Gasteiger partial charge on any atom is -0.477 e. The van der Waals surface area contributed by atoms with Gasteiger partial charge in [0.25, 0.3) is 0 Å². The summed E-state index contributed by atoms with van der Waals surface area (Å²) in [4.78, 5) is 18.4. The lowest BCUT2D eigenvalue weighted by Gasteiger charge is -2.03. The Morgan fingerprint density at radius 2 is 1.71 bits per heavy atom. The molecule has 0 amide bonds. The topological polar surface area (TPSA) is 63.1 Å². The summed E-state index contributed by atoms with van der Waals surface area (Å²) in [6.07, 6.45) is 1.19. The fraction of sp³-hybridized carbons (Fsp3) is 0. The Kier molecular flexibility index (Phi) is 3.26. The normalized spacial score (nSPS) is 10.2. The number of carboxylic acids is 1. The van der Waals surface area contributed by atoms with E-state index in [1.165, 1.54) is 12.4 Å². The number of carboxylic acid groups (broad SMARTS) is 1. The van der Waals surface area contributed by atoms with Crippen LogP contribution in [-0.2, 0) is 0 Å². The van der Waals surface area contributed by atoms with Crippen LogP contribution in [0.2, 0.25) is 10.0 Å². The standard InChI is InChI=1S/C11H6Cl2N2O2/c12-7-1-6(2-8(13)3-7)9-4-10(11(16)17)15-5-14-9/h1-5H,(H,16,17). The van der Waals surface area contributed by atoms with E-state index in [1.54, 1.807) is 18.2 Å². The van der Waals surface area contributed by atoms with Gasteiger partial charge in [0.1, 0.15) is 6.33 Å². The van der Waals surface area contributed by atoms with Gasteiger partial charge in [-0.25, -0.2) is 14.8 Å². The molecule has 4 nitrogen and oxygen atoms in total. The minimum atomic E-state index is -1.11. The van der Waals surface area contributed by atoms with Crippen LogP contribution in [0.1, 0.15) is 10.5 Å². The monoisotopic (exact) mass is 268 g/mol. The number of hydrogen-bond acceptors (Lipinski definition) is 3. The van der Waals surface area contributed by atoms with Gasteiger partial charge in [-0.05, 0) is 24.3 Å². The number of halogens is 2. The average molecular weight is 269 g/mol. The number of nitrogens with zero attached hydrogens (tertiary/aromatic N) is 2. The molecule has 0 saturated heterocycles. The van der Waals surface area contributed by atoms with E-state index in [0.29, 0.717) is 21.3 Å². The van der Waals surface area contributed by atoms with Crippen LogP contribution in [0.5, 0.6) is 0 Å². The van der Waals surface area contributed by atoms with Crippen molar-refractivity contribution in [2.45, 2.75) is 0 Å². The number of hydrogen-bond donors (Lipinski definition) is 1. The predicted octanol–water partition coefficient (Wildman–Crippen LogP) is 3.15. The maximum absolute atomic E-state index is 10.8. The third-order valence-corrected chi connectivity index (χ3v) is 2.48. The molecule has 2 rings (SSSR count). The van der Waals surface area contributed by atoms with Gasteiger partial charge in [-0.3, -0.25) is 0 Å². The highest BCUT2D eigenvalue weighted by Gasteiger charge is 2.08. The Hall–Kier alpha value is -1.65. The Morgan fingerprint density at radius 1 is 1.06 bits per heavy atom. The molecule has 0 bridgehead atoms. The van der Waals surface area contributed by atoms with Crippen LogP contribution >= 0.6 is 23.2 Å². The van der Waals surface area contributed by atoms with Crippen molar-refractivity contribution in [1.29, 1.82) is 0 Å². The maximum atomic E-state index is 10.8. The quantitative estimate of drug-likeness (QED) is 0.909. The minimum absolute atomic E-state index is 0.0777. The summed E-state index contributed by atoms with van der Waals surface area (Å²) in [5.74, 6) is -1.11. The van der Waals surface area contributed by atoms with Crippen molar-refractivity contribution in [3.05, 3.63) is 46.3 Å². The molecular weight excluding hydrogens is 263 g/mol. The highest BCUT2D eigenvalue weighted by Crippen LogP contribution is 2.25. The van der Waals surface area contributed by atoms with Crippen molar-refractivity contribution < 1.29 is 9.90 Å². The second-order valence-corrected chi connectivity index (χ2v) is 4.12. The van der Waals surface area contributed by atoms with E-state index >= 15 is 0 Å². The van der Waals surface area contributed by atoms with E-state index in [-0.39, 0.29) is 5.69 Å². The zero-order valence-electron chi connectivity index (χ0n) is 8.39. The second kappa shape index (κ2) is 4.69. The van der Waals surface area contributed by atoms with Crippen LogP contribution in [0.4, 0.5) is 0 Å². The third kappa shape index (κ3) is 2.72. The van der Waals surface area contributed by atoms with Crippen molar-refractivity contribution in [2.24, 2.45) is 0 Å². The van der Waals surface area contributed by atoms with Crippen molar-refractivity contribution in [2.75, 3.05) is 0 Å². The number of rotatable bonds is 2. The SMILES string of the molecule is O=C(O)c1cc(-c2cc(Cl)cc(Cl)c2)ncn1. The molecule has 1 heterocycles. The summed E-state index contributed by atoms with van der Waals surface area (Å²) < 4.78 is 0. The molecule has 0 aliphatic carbocycles. The van der Waals surface area contributed by atoms with Crippen LogP contribution in [0.15, 0.2) is 30.6 Å². The first-order chi connectivity index (χ1) is 8.06. The first-order valence-corrected chi connectivity index (χ1v) is 5.33. The number of aromatic nitrogens is 2. The van der Waals surface area contributed by atoms with Crippen molar-refractivity contribution in [3.63, 3.8) is 0 Å². The van der Waals surface area contributed by atoms with Crippen LogP contribution in [0.25, 0.3) is 11.3 Å². The molecule has 0 atom stereocenters. The van der Waals surface area contributed by atoms with Crippen molar-refractivity contribution >= 4 is 29.2 Å². The van der Waals surface area contributed by atoms with Gasteiger partial charge in [0, 0.05) is 15.6 Å². The van der Waals surface area contributed by atoms with Crippen LogP contribution < -0.4 is 0 Å². The molecule has 0 aliphatic rings. The molecule has 17 heavy (non-hydrogen) atoms. The van der Waals surface area contributed by atoms with E-state index in [0.717, 1.165) is 0 Å². The summed E-state index contributed by atoms with van der Waals surface area (Å²) in [5.41, 5.74) is 1.03. The average Bonchev–Trinajstić information content (AvgIpc) is 2.28. The molecule has 6 heteroatoms. The molecular formula is C11H6Cl2N2O2. The first-order valence-electron chi connectivity index (χ1n) is 4.58. The van der Waals surface area contributed by atoms with E-state index in [1.807, 2.05) is 0 Å². The third-order valence-electron chi connectivity index (χ3n) is 2.04. The molecule has 0 unspecified atom stereocenters. The fourth-order valence-corrected chi connectivity index (χ4v) is 1.86. The molecule has 0 radical (unpaired) electrons.